The van der Waals surface area contributed by atoms with Crippen LogP contribution >= 0.6 is 0 Å². The second kappa shape index (κ2) is 7.75. The van der Waals surface area contributed by atoms with Gasteiger partial charge in [-0.05, 0) is 43.4 Å². The van der Waals surface area contributed by atoms with Crippen molar-refractivity contribution in [3.63, 3.8) is 0 Å². The highest BCUT2D eigenvalue weighted by Gasteiger charge is 2.13. The number of benzene rings is 1. The van der Waals surface area contributed by atoms with Crippen molar-refractivity contribution in [1.29, 1.82) is 0 Å². The number of nitrogens with two attached hydrogens (primary N) is 1. The third-order valence-corrected chi connectivity index (χ3v) is 5.10. The van der Waals surface area contributed by atoms with E-state index in [1.54, 1.807) is 18.3 Å². The van der Waals surface area contributed by atoms with Gasteiger partial charge in [0.15, 0.2) is 5.82 Å². The summed E-state index contributed by atoms with van der Waals surface area (Å²) in [5.74, 6) is 1.36. The minimum absolute atomic E-state index is 0.117. The molecule has 134 valence electrons. The van der Waals surface area contributed by atoms with Gasteiger partial charge < -0.3 is 10.2 Å². The molecule has 1 aromatic carbocycles. The first-order valence-electron chi connectivity index (χ1n) is 8.33. The monoisotopic (exact) mass is 362 g/mol. The molecule has 8 nitrogen and oxygen atoms in total. The molecule has 0 aliphatic carbocycles. The summed E-state index contributed by atoms with van der Waals surface area (Å²) in [6, 6.07) is 6.54. The largest absolute Gasteiger partial charge is 0.355 e. The molecular weight excluding hydrogens is 340 g/mol. The van der Waals surface area contributed by atoms with Gasteiger partial charge in [-0.2, -0.15) is 10.1 Å². The van der Waals surface area contributed by atoms with Crippen molar-refractivity contribution in [3.05, 3.63) is 36.0 Å². The van der Waals surface area contributed by atoms with Gasteiger partial charge in [0.05, 0.1) is 11.1 Å². The minimum atomic E-state index is -3.65. The quantitative estimate of drug-likeness (QED) is 0.792. The van der Waals surface area contributed by atoms with Crippen LogP contribution in [0.2, 0.25) is 0 Å². The average Bonchev–Trinajstić information content (AvgIpc) is 2.62. The lowest BCUT2D eigenvalue weighted by atomic mass is 10.1. The molecule has 2 heterocycles. The van der Waals surface area contributed by atoms with E-state index in [0.29, 0.717) is 18.9 Å². The molecule has 1 aromatic heterocycles. The second-order valence-electron chi connectivity index (χ2n) is 6.05. The number of aromatic nitrogens is 3. The fraction of sp³-hybridized carbons (Fsp3) is 0.438. The Bertz CT molecular complexity index is 804. The molecule has 9 heteroatoms. The number of hydrogen-bond donors (Lipinski definition) is 2. The first-order valence-corrected chi connectivity index (χ1v) is 9.87. The maximum atomic E-state index is 11.2. The highest BCUT2D eigenvalue weighted by atomic mass is 32.2. The molecule has 0 spiro atoms. The van der Waals surface area contributed by atoms with Crippen LogP contribution in [0.1, 0.15) is 24.8 Å². The molecule has 1 aliphatic heterocycles. The zero-order valence-corrected chi connectivity index (χ0v) is 14.7. The maximum absolute atomic E-state index is 11.2. The molecule has 0 radical (unpaired) electrons. The van der Waals surface area contributed by atoms with Gasteiger partial charge in [-0.3, -0.25) is 0 Å². The smallest absolute Gasteiger partial charge is 0.244 e. The van der Waals surface area contributed by atoms with Gasteiger partial charge in [0, 0.05) is 19.6 Å². The van der Waals surface area contributed by atoms with Crippen molar-refractivity contribution in [2.45, 2.75) is 30.6 Å². The predicted octanol–water partition coefficient (Wildman–Crippen LogP) is 1.16. The van der Waals surface area contributed by atoms with Crippen LogP contribution in [0.5, 0.6) is 0 Å². The molecule has 0 amide bonds. The topological polar surface area (TPSA) is 114 Å². The molecule has 3 rings (SSSR count). The van der Waals surface area contributed by atoms with Crippen molar-refractivity contribution >= 4 is 21.8 Å². The Morgan fingerprint density at radius 3 is 2.52 bits per heavy atom. The summed E-state index contributed by atoms with van der Waals surface area (Å²) < 4.78 is 22.5. The van der Waals surface area contributed by atoms with Crippen LogP contribution in [-0.4, -0.2) is 43.2 Å². The molecular formula is C16H22N6O2S. The van der Waals surface area contributed by atoms with Crippen LogP contribution in [-0.2, 0) is 16.4 Å². The van der Waals surface area contributed by atoms with E-state index in [4.69, 9.17) is 5.14 Å². The Labute approximate surface area is 147 Å². The van der Waals surface area contributed by atoms with Crippen molar-refractivity contribution in [1.82, 2.24) is 15.2 Å². The van der Waals surface area contributed by atoms with E-state index in [9.17, 15) is 8.42 Å². The second-order valence-corrected chi connectivity index (χ2v) is 7.61. The van der Waals surface area contributed by atoms with Gasteiger partial charge in [0.1, 0.15) is 0 Å². The molecule has 0 unspecified atom stereocenters. The van der Waals surface area contributed by atoms with Crippen LogP contribution in [0.15, 0.2) is 35.4 Å². The molecule has 2 aromatic rings. The number of nitrogens with zero attached hydrogens (tertiary/aromatic N) is 4. The maximum Gasteiger partial charge on any atom is 0.244 e. The van der Waals surface area contributed by atoms with Gasteiger partial charge in [-0.1, -0.05) is 12.1 Å². The first-order chi connectivity index (χ1) is 12.0. The number of nitrogens with one attached hydrogen (secondary N) is 1. The fourth-order valence-electron chi connectivity index (χ4n) is 2.81. The number of anilines is 2. The Hall–Kier alpha value is -2.26. The van der Waals surface area contributed by atoms with Crippen LogP contribution in [0.25, 0.3) is 0 Å². The predicted molar refractivity (Wildman–Crippen MR) is 95.9 cm³/mol. The van der Waals surface area contributed by atoms with E-state index < -0.39 is 10.0 Å². The average molecular weight is 362 g/mol. The molecule has 1 aliphatic rings. The van der Waals surface area contributed by atoms with E-state index in [2.05, 4.69) is 25.4 Å². The molecule has 0 saturated carbocycles. The Morgan fingerprint density at radius 1 is 1.12 bits per heavy atom. The Kier molecular flexibility index (Phi) is 5.44. The summed E-state index contributed by atoms with van der Waals surface area (Å²) in [4.78, 5) is 6.87. The number of rotatable bonds is 6. The van der Waals surface area contributed by atoms with Gasteiger partial charge in [0.2, 0.25) is 16.0 Å². The summed E-state index contributed by atoms with van der Waals surface area (Å²) in [5.41, 5.74) is 1.00. The summed E-state index contributed by atoms with van der Waals surface area (Å²) in [7, 11) is -3.65. The Morgan fingerprint density at radius 2 is 1.84 bits per heavy atom. The SMILES string of the molecule is NS(=O)(=O)c1ccc(CCNc2nncc(N3CCCCC3)n2)cc1. The zero-order valence-electron chi connectivity index (χ0n) is 13.9. The standard InChI is InChI=1S/C16H22N6O2S/c17-25(23,24)14-6-4-13(5-7-14)8-9-18-16-20-15(12-19-21-16)22-10-2-1-3-11-22/h4-7,12H,1-3,8-11H2,(H2,17,23,24)(H,18,20,21). The third kappa shape index (κ3) is 4.86. The third-order valence-electron chi connectivity index (χ3n) is 4.17. The van der Waals surface area contributed by atoms with Crippen LogP contribution in [0.3, 0.4) is 0 Å². The van der Waals surface area contributed by atoms with E-state index in [-0.39, 0.29) is 4.90 Å². The number of hydrogen-bond acceptors (Lipinski definition) is 7. The van der Waals surface area contributed by atoms with Gasteiger partial charge in [-0.25, -0.2) is 13.6 Å². The van der Waals surface area contributed by atoms with E-state index >= 15 is 0 Å². The summed E-state index contributed by atoms with van der Waals surface area (Å²) in [6.07, 6.45) is 6.04. The highest BCUT2D eigenvalue weighted by molar-refractivity contribution is 7.89. The van der Waals surface area contributed by atoms with Gasteiger partial charge in [-0.15, -0.1) is 5.10 Å². The minimum Gasteiger partial charge on any atom is -0.355 e. The highest BCUT2D eigenvalue weighted by Crippen LogP contribution is 2.17. The molecule has 0 atom stereocenters. The summed E-state index contributed by atoms with van der Waals surface area (Å²) in [5, 5.41) is 16.3. The van der Waals surface area contributed by atoms with Crippen LogP contribution in [0.4, 0.5) is 11.8 Å². The summed E-state index contributed by atoms with van der Waals surface area (Å²) in [6.45, 7) is 2.64. The van der Waals surface area contributed by atoms with Crippen molar-refractivity contribution in [2.75, 3.05) is 29.9 Å². The molecule has 0 bridgehead atoms. The lowest BCUT2D eigenvalue weighted by molar-refractivity contribution is 0.572. The lowest BCUT2D eigenvalue weighted by Crippen LogP contribution is -2.30. The van der Waals surface area contributed by atoms with Gasteiger partial charge >= 0.3 is 0 Å². The molecule has 1 saturated heterocycles. The lowest BCUT2D eigenvalue weighted by Gasteiger charge is -2.27. The molecule has 3 N–H and O–H groups in total. The fourth-order valence-corrected chi connectivity index (χ4v) is 3.33. The van der Waals surface area contributed by atoms with Gasteiger partial charge in [0.25, 0.3) is 0 Å². The normalized spacial score (nSPS) is 15.2. The van der Waals surface area contributed by atoms with Crippen molar-refractivity contribution in [3.8, 4) is 0 Å². The van der Waals surface area contributed by atoms with E-state index in [1.807, 2.05) is 0 Å². The van der Waals surface area contributed by atoms with Crippen molar-refractivity contribution in [2.24, 2.45) is 5.14 Å². The van der Waals surface area contributed by atoms with E-state index in [1.165, 1.54) is 31.4 Å². The number of primary sulfonamides is 1. The number of piperidine rings is 1. The molecule has 1 fully saturated rings. The van der Waals surface area contributed by atoms with Crippen LogP contribution in [0, 0.1) is 0 Å². The van der Waals surface area contributed by atoms with E-state index in [0.717, 1.165) is 24.5 Å². The van der Waals surface area contributed by atoms with Crippen LogP contribution < -0.4 is 15.4 Å². The number of sulfonamides is 1. The Balaban J connectivity index is 1.55. The zero-order chi connectivity index (χ0) is 17.7. The molecule has 25 heavy (non-hydrogen) atoms. The first kappa shape index (κ1) is 17.6. The summed E-state index contributed by atoms with van der Waals surface area (Å²) >= 11 is 0. The van der Waals surface area contributed by atoms with Crippen molar-refractivity contribution < 1.29 is 8.42 Å².